The van der Waals surface area contributed by atoms with Crippen LogP contribution in [-0.2, 0) is 13.1 Å². The molecule has 0 aromatic carbocycles. The van der Waals surface area contributed by atoms with Crippen molar-refractivity contribution in [2.24, 2.45) is 0 Å². The summed E-state index contributed by atoms with van der Waals surface area (Å²) in [7, 11) is 9.59. The summed E-state index contributed by atoms with van der Waals surface area (Å²) in [6.45, 7) is 8.01. The van der Waals surface area contributed by atoms with Gasteiger partial charge in [-0.1, -0.05) is 0 Å². The predicted molar refractivity (Wildman–Crippen MR) is 119 cm³/mol. The first kappa shape index (κ1) is 23.1. The average Bonchev–Trinajstić information content (AvgIpc) is 2.61. The molecule has 6 nitrogen and oxygen atoms in total. The first-order chi connectivity index (χ1) is 13.7. The summed E-state index contributed by atoms with van der Waals surface area (Å²) in [6.07, 6.45) is 0. The summed E-state index contributed by atoms with van der Waals surface area (Å²) in [5.41, 5.74) is 16.9. The van der Waals surface area contributed by atoms with Crippen LogP contribution in [0.15, 0.2) is 36.4 Å². The van der Waals surface area contributed by atoms with Gasteiger partial charge in [0.05, 0.1) is 0 Å². The van der Waals surface area contributed by atoms with Crippen LogP contribution >= 0.6 is 20.2 Å². The Morgan fingerprint density at radius 3 is 1.34 bits per heavy atom. The van der Waals surface area contributed by atoms with E-state index in [1.807, 2.05) is 38.1 Å². The van der Waals surface area contributed by atoms with Crippen LogP contribution in [0.25, 0.3) is 22.1 Å². The Bertz CT molecular complexity index is 1040. The summed E-state index contributed by atoms with van der Waals surface area (Å²) in [5.74, 6) is 1.04. The van der Waals surface area contributed by atoms with Crippen LogP contribution in [0, 0.1) is 27.7 Å². The monoisotopic (exact) mass is 471 g/mol. The third kappa shape index (κ3) is 6.41. The number of anilines is 2. The Hall–Kier alpha value is -2.18. The Kier molecular flexibility index (Phi) is 8.41. The second-order valence-corrected chi connectivity index (χ2v) is 8.38. The van der Waals surface area contributed by atoms with Crippen LogP contribution in [0.4, 0.5) is 11.6 Å². The quantitative estimate of drug-likeness (QED) is 0.348. The van der Waals surface area contributed by atoms with Crippen molar-refractivity contribution in [2.75, 3.05) is 11.5 Å². The maximum atomic E-state index is 5.57. The number of hydrogen-bond acceptors (Lipinski definition) is 6. The number of nitrogen functional groups attached to an aromatic ring is 2. The van der Waals surface area contributed by atoms with E-state index in [4.69, 9.17) is 31.7 Å². The third-order valence-corrected chi connectivity index (χ3v) is 4.06. The molecule has 0 aliphatic heterocycles. The molecule has 0 unspecified atom stereocenters. The van der Waals surface area contributed by atoms with Gasteiger partial charge in [-0.3, -0.25) is 0 Å². The molecule has 4 N–H and O–H groups in total. The van der Waals surface area contributed by atoms with E-state index in [0.717, 1.165) is 33.5 Å². The van der Waals surface area contributed by atoms with Crippen molar-refractivity contribution in [3.05, 3.63) is 58.9 Å². The van der Waals surface area contributed by atoms with Gasteiger partial charge in [-0.15, -0.1) is 0 Å². The minimum absolute atomic E-state index is 0.00694. The van der Waals surface area contributed by atoms with Crippen LogP contribution in [-0.4, -0.2) is 19.9 Å². The van der Waals surface area contributed by atoms with Gasteiger partial charge in [-0.2, -0.15) is 0 Å². The molecule has 0 saturated carbocycles. The summed E-state index contributed by atoms with van der Waals surface area (Å²) in [6, 6.07) is 11.6. The van der Waals surface area contributed by atoms with E-state index >= 15 is 0 Å². The SMILES string of the molecule is Cc1cc(C)c2ccc(N)nc2n1.Cc1cc(C)c2ccc(N)nc2n1.[Cl][Mn][Cl]. The molecule has 4 aromatic heterocycles. The molecule has 0 spiro atoms. The van der Waals surface area contributed by atoms with Crippen LogP contribution in [0.5, 0.6) is 0 Å². The Balaban J connectivity index is 0.000000183. The number of rotatable bonds is 0. The molecule has 0 aliphatic carbocycles. The topological polar surface area (TPSA) is 104 Å². The molecule has 4 heterocycles. The molecule has 0 fully saturated rings. The zero-order valence-electron chi connectivity index (χ0n) is 16.5. The van der Waals surface area contributed by atoms with Crippen molar-refractivity contribution in [3.63, 3.8) is 0 Å². The molecule has 9 heteroatoms. The van der Waals surface area contributed by atoms with E-state index in [0.29, 0.717) is 11.6 Å². The van der Waals surface area contributed by atoms with Gasteiger partial charge in [-0.05, 0) is 75.2 Å². The van der Waals surface area contributed by atoms with Gasteiger partial charge in [0.2, 0.25) is 0 Å². The van der Waals surface area contributed by atoms with Crippen molar-refractivity contribution in [1.29, 1.82) is 0 Å². The Labute approximate surface area is 184 Å². The molecule has 0 radical (unpaired) electrons. The van der Waals surface area contributed by atoms with Gasteiger partial charge in [0.1, 0.15) is 11.6 Å². The normalized spacial score (nSPS) is 10.1. The van der Waals surface area contributed by atoms with E-state index in [1.54, 1.807) is 12.1 Å². The van der Waals surface area contributed by atoms with Crippen molar-refractivity contribution in [2.45, 2.75) is 27.7 Å². The van der Waals surface area contributed by atoms with E-state index in [1.165, 1.54) is 11.1 Å². The minimum atomic E-state index is 0.00694. The van der Waals surface area contributed by atoms with Gasteiger partial charge in [0.15, 0.2) is 11.3 Å². The van der Waals surface area contributed by atoms with Crippen molar-refractivity contribution < 1.29 is 13.1 Å². The molecule has 0 aliphatic rings. The molecule has 4 aromatic rings. The first-order valence-corrected chi connectivity index (χ1v) is 11.9. The van der Waals surface area contributed by atoms with Gasteiger partial charge >= 0.3 is 33.3 Å². The average molecular weight is 472 g/mol. The third-order valence-electron chi connectivity index (χ3n) is 4.06. The van der Waals surface area contributed by atoms with Gasteiger partial charge in [-0.25, -0.2) is 19.9 Å². The summed E-state index contributed by atoms with van der Waals surface area (Å²) in [5, 5.41) is 2.14. The predicted octanol–water partition coefficient (Wildman–Crippen LogP) is 5.03. The Morgan fingerprint density at radius 2 is 1.00 bits per heavy atom. The van der Waals surface area contributed by atoms with E-state index in [-0.39, 0.29) is 13.1 Å². The zero-order chi connectivity index (χ0) is 21.6. The molecular formula is C20H22Cl2MnN6. The number of aryl methyl sites for hydroxylation is 4. The molecule has 0 bridgehead atoms. The molecule has 0 amide bonds. The van der Waals surface area contributed by atoms with Crippen molar-refractivity contribution >= 4 is 53.9 Å². The fraction of sp³-hybridized carbons (Fsp3) is 0.200. The number of nitrogens with two attached hydrogens (primary N) is 2. The Morgan fingerprint density at radius 1 is 0.655 bits per heavy atom. The fourth-order valence-electron chi connectivity index (χ4n) is 2.89. The molecule has 4 rings (SSSR count). The van der Waals surface area contributed by atoms with Crippen LogP contribution in [0.1, 0.15) is 22.5 Å². The fourth-order valence-corrected chi connectivity index (χ4v) is 2.89. The van der Waals surface area contributed by atoms with Crippen LogP contribution in [0.3, 0.4) is 0 Å². The van der Waals surface area contributed by atoms with Gasteiger partial charge < -0.3 is 11.5 Å². The summed E-state index contributed by atoms with van der Waals surface area (Å²) >= 11 is 0.00694. The van der Waals surface area contributed by atoms with E-state index < -0.39 is 0 Å². The van der Waals surface area contributed by atoms with E-state index in [9.17, 15) is 0 Å². The number of nitrogens with zero attached hydrogens (tertiary/aromatic N) is 4. The number of aromatic nitrogens is 4. The summed E-state index contributed by atoms with van der Waals surface area (Å²) in [4.78, 5) is 16.9. The number of fused-ring (bicyclic) bond motifs is 2. The number of halogens is 2. The van der Waals surface area contributed by atoms with Gasteiger partial charge in [0, 0.05) is 22.2 Å². The zero-order valence-corrected chi connectivity index (χ0v) is 19.2. The van der Waals surface area contributed by atoms with Crippen LogP contribution < -0.4 is 11.5 Å². The molecule has 153 valence electrons. The number of pyridine rings is 4. The summed E-state index contributed by atoms with van der Waals surface area (Å²) < 4.78 is 0. The molecule has 0 atom stereocenters. The second kappa shape index (κ2) is 10.6. The second-order valence-electron chi connectivity index (χ2n) is 6.43. The molecule has 29 heavy (non-hydrogen) atoms. The number of hydrogen-bond donors (Lipinski definition) is 2. The van der Waals surface area contributed by atoms with Crippen molar-refractivity contribution in [3.8, 4) is 0 Å². The maximum absolute atomic E-state index is 5.57. The molecular weight excluding hydrogens is 450 g/mol. The van der Waals surface area contributed by atoms with Gasteiger partial charge in [0.25, 0.3) is 0 Å². The standard InChI is InChI=1S/2C10H11N3.2ClH.Mn/c2*1-6-5-7(2)12-10-8(6)3-4-9(11)13-10;;;/h2*3-5H,1-2H3,(H2,11,12,13);2*1H;/q;;;;+2/p-2. The van der Waals surface area contributed by atoms with Crippen LogP contribution in [0.2, 0.25) is 0 Å². The van der Waals surface area contributed by atoms with Crippen molar-refractivity contribution in [1.82, 2.24) is 19.9 Å². The first-order valence-electron chi connectivity index (χ1n) is 8.63. The van der Waals surface area contributed by atoms with E-state index in [2.05, 4.69) is 33.8 Å². The molecule has 0 saturated heterocycles.